The van der Waals surface area contributed by atoms with E-state index in [9.17, 15) is 0 Å². The number of rotatable bonds is 7. The van der Waals surface area contributed by atoms with Crippen molar-refractivity contribution < 1.29 is 4.74 Å². The predicted octanol–water partition coefficient (Wildman–Crippen LogP) is 4.18. The van der Waals surface area contributed by atoms with Crippen LogP contribution in [-0.4, -0.2) is 19.7 Å². The Morgan fingerprint density at radius 2 is 2.11 bits per heavy atom. The van der Waals surface area contributed by atoms with Crippen LogP contribution in [0.1, 0.15) is 32.8 Å². The maximum atomic E-state index is 6.07. The molecule has 0 saturated heterocycles. The van der Waals surface area contributed by atoms with Crippen LogP contribution in [0.2, 0.25) is 5.02 Å². The SMILES string of the molecule is C=CCNCCCOc1ccc(Cl)cc1C(C)(C)C. The molecule has 0 bridgehead atoms. The molecule has 0 fully saturated rings. The molecule has 1 aromatic rings. The van der Waals surface area contributed by atoms with Crippen molar-refractivity contribution >= 4 is 11.6 Å². The summed E-state index contributed by atoms with van der Waals surface area (Å²) in [5.41, 5.74) is 1.18. The lowest BCUT2D eigenvalue weighted by atomic mass is 9.86. The summed E-state index contributed by atoms with van der Waals surface area (Å²) in [5, 5.41) is 4.01. The third kappa shape index (κ3) is 5.66. The molecule has 2 nitrogen and oxygen atoms in total. The zero-order valence-corrected chi connectivity index (χ0v) is 12.9. The molecule has 0 aromatic heterocycles. The van der Waals surface area contributed by atoms with E-state index in [1.165, 1.54) is 0 Å². The van der Waals surface area contributed by atoms with Gasteiger partial charge in [-0.1, -0.05) is 38.4 Å². The quantitative estimate of drug-likeness (QED) is 0.598. The molecule has 0 radical (unpaired) electrons. The Kier molecular flexibility index (Phi) is 6.40. The lowest BCUT2D eigenvalue weighted by Gasteiger charge is -2.23. The van der Waals surface area contributed by atoms with Gasteiger partial charge in [-0.25, -0.2) is 0 Å². The topological polar surface area (TPSA) is 21.3 Å². The first-order chi connectivity index (χ1) is 8.95. The smallest absolute Gasteiger partial charge is 0.123 e. The van der Waals surface area contributed by atoms with E-state index in [4.69, 9.17) is 16.3 Å². The Labute approximate surface area is 121 Å². The highest BCUT2D eigenvalue weighted by molar-refractivity contribution is 6.30. The van der Waals surface area contributed by atoms with E-state index in [1.54, 1.807) is 0 Å². The van der Waals surface area contributed by atoms with Crippen LogP contribution >= 0.6 is 11.6 Å². The molecule has 1 aromatic carbocycles. The first-order valence-electron chi connectivity index (χ1n) is 6.69. The first-order valence-corrected chi connectivity index (χ1v) is 7.07. The molecule has 0 amide bonds. The van der Waals surface area contributed by atoms with Gasteiger partial charge in [0.25, 0.3) is 0 Å². The molecule has 106 valence electrons. The average molecular weight is 282 g/mol. The van der Waals surface area contributed by atoms with Gasteiger partial charge in [0.1, 0.15) is 5.75 Å². The summed E-state index contributed by atoms with van der Waals surface area (Å²) < 4.78 is 5.87. The summed E-state index contributed by atoms with van der Waals surface area (Å²) in [6.07, 6.45) is 2.83. The van der Waals surface area contributed by atoms with Crippen molar-refractivity contribution in [2.75, 3.05) is 19.7 Å². The molecule has 3 heteroatoms. The molecule has 0 spiro atoms. The minimum Gasteiger partial charge on any atom is -0.493 e. The van der Waals surface area contributed by atoms with Crippen molar-refractivity contribution in [3.05, 3.63) is 41.4 Å². The van der Waals surface area contributed by atoms with Gasteiger partial charge in [-0.3, -0.25) is 0 Å². The van der Waals surface area contributed by atoms with Crippen LogP contribution in [0.3, 0.4) is 0 Å². The van der Waals surface area contributed by atoms with Crippen molar-refractivity contribution in [2.24, 2.45) is 0 Å². The van der Waals surface area contributed by atoms with Crippen LogP contribution in [-0.2, 0) is 5.41 Å². The predicted molar refractivity (Wildman–Crippen MR) is 83.3 cm³/mol. The van der Waals surface area contributed by atoms with Gasteiger partial charge in [0.2, 0.25) is 0 Å². The normalized spacial score (nSPS) is 11.4. The van der Waals surface area contributed by atoms with Crippen molar-refractivity contribution in [1.29, 1.82) is 0 Å². The summed E-state index contributed by atoms with van der Waals surface area (Å²) in [6, 6.07) is 5.83. The lowest BCUT2D eigenvalue weighted by molar-refractivity contribution is 0.301. The second-order valence-electron chi connectivity index (χ2n) is 5.59. The molecule has 0 aliphatic rings. The van der Waals surface area contributed by atoms with Gasteiger partial charge in [-0.15, -0.1) is 6.58 Å². The molecule has 0 unspecified atom stereocenters. The van der Waals surface area contributed by atoms with Crippen LogP contribution in [0.5, 0.6) is 5.75 Å². The Bertz CT molecular complexity index is 410. The Hall–Kier alpha value is -0.990. The van der Waals surface area contributed by atoms with Gasteiger partial charge in [0, 0.05) is 17.1 Å². The van der Waals surface area contributed by atoms with Gasteiger partial charge in [-0.05, 0) is 36.6 Å². The minimum atomic E-state index is 0.0291. The van der Waals surface area contributed by atoms with Gasteiger partial charge in [0.05, 0.1) is 6.61 Å². The van der Waals surface area contributed by atoms with Crippen molar-refractivity contribution in [3.8, 4) is 5.75 Å². The highest BCUT2D eigenvalue weighted by Crippen LogP contribution is 2.33. The number of hydrogen-bond donors (Lipinski definition) is 1. The fourth-order valence-corrected chi connectivity index (χ4v) is 1.97. The molecule has 19 heavy (non-hydrogen) atoms. The summed E-state index contributed by atoms with van der Waals surface area (Å²) >= 11 is 6.07. The second kappa shape index (κ2) is 7.56. The lowest BCUT2D eigenvalue weighted by Crippen LogP contribution is -2.18. The van der Waals surface area contributed by atoms with Crippen molar-refractivity contribution in [3.63, 3.8) is 0 Å². The van der Waals surface area contributed by atoms with Crippen LogP contribution in [0.25, 0.3) is 0 Å². The Balaban J connectivity index is 2.56. The highest BCUT2D eigenvalue weighted by Gasteiger charge is 2.19. The zero-order chi connectivity index (χ0) is 14.3. The number of benzene rings is 1. The Morgan fingerprint density at radius 3 is 2.74 bits per heavy atom. The van der Waals surface area contributed by atoms with Crippen LogP contribution in [0.4, 0.5) is 0 Å². The van der Waals surface area contributed by atoms with E-state index >= 15 is 0 Å². The summed E-state index contributed by atoms with van der Waals surface area (Å²) in [7, 11) is 0. The van der Waals surface area contributed by atoms with Crippen LogP contribution < -0.4 is 10.1 Å². The summed E-state index contributed by atoms with van der Waals surface area (Å²) in [5.74, 6) is 0.931. The van der Waals surface area contributed by atoms with Crippen LogP contribution in [0.15, 0.2) is 30.9 Å². The number of nitrogens with one attached hydrogen (secondary N) is 1. The third-order valence-electron chi connectivity index (χ3n) is 2.79. The molecule has 0 aliphatic carbocycles. The number of hydrogen-bond acceptors (Lipinski definition) is 2. The van der Waals surface area contributed by atoms with E-state index in [0.29, 0.717) is 6.61 Å². The molecule has 0 saturated carbocycles. The number of halogens is 1. The van der Waals surface area contributed by atoms with Crippen LogP contribution in [0, 0.1) is 0 Å². The van der Waals surface area contributed by atoms with Gasteiger partial charge in [-0.2, -0.15) is 0 Å². The van der Waals surface area contributed by atoms with E-state index in [0.717, 1.165) is 35.8 Å². The van der Waals surface area contributed by atoms with E-state index < -0.39 is 0 Å². The second-order valence-corrected chi connectivity index (χ2v) is 6.02. The largest absolute Gasteiger partial charge is 0.493 e. The first kappa shape index (κ1) is 16.1. The van der Waals surface area contributed by atoms with Gasteiger partial charge < -0.3 is 10.1 Å². The molecule has 0 heterocycles. The maximum absolute atomic E-state index is 6.07. The van der Waals surface area contributed by atoms with Gasteiger partial charge >= 0.3 is 0 Å². The molecule has 0 aliphatic heterocycles. The third-order valence-corrected chi connectivity index (χ3v) is 3.03. The maximum Gasteiger partial charge on any atom is 0.123 e. The van der Waals surface area contributed by atoms with E-state index in [-0.39, 0.29) is 5.41 Å². The average Bonchev–Trinajstić information content (AvgIpc) is 2.34. The summed E-state index contributed by atoms with van der Waals surface area (Å²) in [4.78, 5) is 0. The van der Waals surface area contributed by atoms with E-state index in [2.05, 4.69) is 32.7 Å². The Morgan fingerprint density at radius 1 is 1.37 bits per heavy atom. The molecule has 1 rings (SSSR count). The van der Waals surface area contributed by atoms with E-state index in [1.807, 2.05) is 24.3 Å². The minimum absolute atomic E-state index is 0.0291. The monoisotopic (exact) mass is 281 g/mol. The molecular weight excluding hydrogens is 258 g/mol. The fourth-order valence-electron chi connectivity index (χ4n) is 1.80. The standard InChI is InChI=1S/C16H24ClNO/c1-5-9-18-10-6-11-19-15-8-7-13(17)12-14(15)16(2,3)4/h5,7-8,12,18H,1,6,9-11H2,2-4H3. The highest BCUT2D eigenvalue weighted by atomic mass is 35.5. The fraction of sp³-hybridized carbons (Fsp3) is 0.500. The molecule has 0 atom stereocenters. The van der Waals surface area contributed by atoms with Crippen molar-refractivity contribution in [1.82, 2.24) is 5.32 Å². The van der Waals surface area contributed by atoms with Gasteiger partial charge in [0.15, 0.2) is 0 Å². The number of ether oxygens (including phenoxy) is 1. The van der Waals surface area contributed by atoms with Crippen molar-refractivity contribution in [2.45, 2.75) is 32.6 Å². The zero-order valence-electron chi connectivity index (χ0n) is 12.1. The molecular formula is C16H24ClNO. The summed E-state index contributed by atoms with van der Waals surface area (Å²) in [6.45, 7) is 12.6. The molecule has 1 N–H and O–H groups in total.